The number of hydrogen-bond donors (Lipinski definition) is 2. The van der Waals surface area contributed by atoms with Gasteiger partial charge in [0.2, 0.25) is 5.91 Å². The lowest BCUT2D eigenvalue weighted by molar-refractivity contribution is -0.123. The molecule has 1 rings (SSSR count). The van der Waals surface area contributed by atoms with Gasteiger partial charge in [0.05, 0.1) is 18.8 Å². The average molecular weight is 238 g/mol. The third-order valence-electron chi connectivity index (χ3n) is 2.96. The van der Waals surface area contributed by atoms with Crippen LogP contribution in [-0.2, 0) is 11.3 Å². The molecule has 0 aliphatic carbocycles. The molecule has 0 saturated heterocycles. The number of nitrogens with zero attached hydrogens (tertiary/aromatic N) is 2. The predicted molar refractivity (Wildman–Crippen MR) is 67.4 cm³/mol. The van der Waals surface area contributed by atoms with Gasteiger partial charge in [-0.25, -0.2) is 0 Å². The van der Waals surface area contributed by atoms with Crippen LogP contribution in [0.25, 0.3) is 0 Å². The topological polar surface area (TPSA) is 72.9 Å². The molecule has 0 radical (unpaired) electrons. The van der Waals surface area contributed by atoms with Crippen molar-refractivity contribution in [1.29, 1.82) is 0 Å². The Hall–Kier alpha value is -1.36. The van der Waals surface area contributed by atoms with Gasteiger partial charge in [-0.3, -0.25) is 9.48 Å². The van der Waals surface area contributed by atoms with E-state index in [1.807, 2.05) is 31.6 Å². The summed E-state index contributed by atoms with van der Waals surface area (Å²) in [6.45, 7) is 7.24. The Bertz CT molecular complexity index is 361. The van der Waals surface area contributed by atoms with Crippen molar-refractivity contribution in [3.8, 4) is 0 Å². The minimum Gasteiger partial charge on any atom is -0.353 e. The summed E-state index contributed by atoms with van der Waals surface area (Å²) in [5, 5.41) is 6.97. The number of aromatic nitrogens is 2. The quantitative estimate of drug-likeness (QED) is 0.765. The van der Waals surface area contributed by atoms with Crippen molar-refractivity contribution in [3.05, 3.63) is 18.0 Å². The summed E-state index contributed by atoms with van der Waals surface area (Å²) in [5.74, 6) is 0.130. The highest BCUT2D eigenvalue weighted by Crippen LogP contribution is 2.04. The Morgan fingerprint density at radius 2 is 2.35 bits per heavy atom. The summed E-state index contributed by atoms with van der Waals surface area (Å²) in [6.07, 6.45) is 4.65. The second-order valence-corrected chi connectivity index (χ2v) is 4.48. The molecule has 1 aromatic heterocycles. The van der Waals surface area contributed by atoms with Crippen molar-refractivity contribution in [1.82, 2.24) is 15.1 Å². The van der Waals surface area contributed by atoms with E-state index >= 15 is 0 Å². The monoisotopic (exact) mass is 238 g/mol. The molecule has 5 nitrogen and oxygen atoms in total. The SMILES string of the molecule is CCC(C)C(N)C(=O)NCCn1cc(C)cn1. The molecule has 17 heavy (non-hydrogen) atoms. The Kier molecular flexibility index (Phi) is 5.15. The average Bonchev–Trinajstić information content (AvgIpc) is 2.72. The van der Waals surface area contributed by atoms with E-state index in [4.69, 9.17) is 5.73 Å². The molecule has 0 saturated carbocycles. The predicted octanol–water partition coefficient (Wildman–Crippen LogP) is 0.681. The van der Waals surface area contributed by atoms with E-state index in [0.29, 0.717) is 13.1 Å². The number of carbonyl (C=O) groups is 1. The Morgan fingerprint density at radius 3 is 2.88 bits per heavy atom. The van der Waals surface area contributed by atoms with Gasteiger partial charge in [0, 0.05) is 12.7 Å². The zero-order valence-electron chi connectivity index (χ0n) is 10.8. The van der Waals surface area contributed by atoms with Crippen LogP contribution in [0, 0.1) is 12.8 Å². The van der Waals surface area contributed by atoms with Crippen molar-refractivity contribution in [3.63, 3.8) is 0 Å². The summed E-state index contributed by atoms with van der Waals surface area (Å²) in [4.78, 5) is 11.7. The number of hydrogen-bond acceptors (Lipinski definition) is 3. The highest BCUT2D eigenvalue weighted by atomic mass is 16.2. The number of nitrogens with two attached hydrogens (primary N) is 1. The first-order valence-corrected chi connectivity index (χ1v) is 6.07. The van der Waals surface area contributed by atoms with Crippen molar-refractivity contribution >= 4 is 5.91 Å². The van der Waals surface area contributed by atoms with Gasteiger partial charge in [-0.05, 0) is 18.4 Å². The Balaban J connectivity index is 2.29. The number of carbonyl (C=O) groups excluding carboxylic acids is 1. The molecule has 0 aliphatic heterocycles. The summed E-state index contributed by atoms with van der Waals surface area (Å²) in [6, 6.07) is -0.417. The molecule has 2 unspecified atom stereocenters. The number of amides is 1. The molecule has 2 atom stereocenters. The highest BCUT2D eigenvalue weighted by molar-refractivity contribution is 5.81. The fourth-order valence-corrected chi connectivity index (χ4v) is 1.51. The van der Waals surface area contributed by atoms with E-state index in [1.54, 1.807) is 6.20 Å². The van der Waals surface area contributed by atoms with Crippen LogP contribution in [-0.4, -0.2) is 28.3 Å². The molecule has 5 heteroatoms. The number of nitrogens with one attached hydrogen (secondary N) is 1. The van der Waals surface area contributed by atoms with Crippen molar-refractivity contribution in [2.45, 2.75) is 39.8 Å². The largest absolute Gasteiger partial charge is 0.353 e. The molecule has 0 aliphatic rings. The maximum Gasteiger partial charge on any atom is 0.237 e. The summed E-state index contributed by atoms with van der Waals surface area (Å²) >= 11 is 0. The Morgan fingerprint density at radius 1 is 1.65 bits per heavy atom. The highest BCUT2D eigenvalue weighted by Gasteiger charge is 2.18. The van der Waals surface area contributed by atoms with Crippen LogP contribution in [0.15, 0.2) is 12.4 Å². The van der Waals surface area contributed by atoms with Crippen LogP contribution < -0.4 is 11.1 Å². The van der Waals surface area contributed by atoms with Gasteiger partial charge in [0.25, 0.3) is 0 Å². The van der Waals surface area contributed by atoms with Gasteiger partial charge in [-0.1, -0.05) is 20.3 Å². The maximum atomic E-state index is 11.7. The van der Waals surface area contributed by atoms with E-state index in [-0.39, 0.29) is 11.8 Å². The molecule has 0 aromatic carbocycles. The van der Waals surface area contributed by atoms with Crippen LogP contribution in [0.1, 0.15) is 25.8 Å². The molecule has 96 valence electrons. The van der Waals surface area contributed by atoms with Gasteiger partial charge in [-0.2, -0.15) is 5.10 Å². The Labute approximate surface area is 102 Å². The third-order valence-corrected chi connectivity index (χ3v) is 2.96. The van der Waals surface area contributed by atoms with E-state index in [1.165, 1.54) is 0 Å². The summed E-state index contributed by atoms with van der Waals surface area (Å²) < 4.78 is 1.81. The van der Waals surface area contributed by atoms with Crippen molar-refractivity contribution in [2.75, 3.05) is 6.54 Å². The molecule has 0 bridgehead atoms. The molecular formula is C12H22N4O. The molecule has 1 heterocycles. The fourth-order valence-electron chi connectivity index (χ4n) is 1.51. The second-order valence-electron chi connectivity index (χ2n) is 4.48. The van der Waals surface area contributed by atoms with E-state index < -0.39 is 6.04 Å². The molecule has 1 amide bonds. The van der Waals surface area contributed by atoms with Crippen molar-refractivity contribution in [2.24, 2.45) is 11.7 Å². The first kappa shape index (κ1) is 13.7. The first-order valence-electron chi connectivity index (χ1n) is 6.07. The van der Waals surface area contributed by atoms with Gasteiger partial charge in [-0.15, -0.1) is 0 Å². The van der Waals surface area contributed by atoms with Gasteiger partial charge >= 0.3 is 0 Å². The lowest BCUT2D eigenvalue weighted by atomic mass is 9.99. The van der Waals surface area contributed by atoms with Crippen LogP contribution in [0.4, 0.5) is 0 Å². The third kappa shape index (κ3) is 4.19. The van der Waals surface area contributed by atoms with E-state index in [0.717, 1.165) is 12.0 Å². The molecule has 3 N–H and O–H groups in total. The summed E-state index contributed by atoms with van der Waals surface area (Å²) in [7, 11) is 0. The minimum absolute atomic E-state index is 0.0803. The molecule has 0 spiro atoms. The molecule has 1 aromatic rings. The maximum absolute atomic E-state index is 11.7. The zero-order chi connectivity index (χ0) is 12.8. The van der Waals surface area contributed by atoms with Crippen LogP contribution >= 0.6 is 0 Å². The standard InChI is InChI=1S/C12H22N4O/c1-4-10(3)11(13)12(17)14-5-6-16-8-9(2)7-15-16/h7-8,10-11H,4-6,13H2,1-3H3,(H,14,17). The lowest BCUT2D eigenvalue weighted by Crippen LogP contribution is -2.45. The van der Waals surface area contributed by atoms with Crippen LogP contribution in [0.3, 0.4) is 0 Å². The smallest absolute Gasteiger partial charge is 0.237 e. The van der Waals surface area contributed by atoms with Gasteiger partial charge in [0.1, 0.15) is 0 Å². The second kappa shape index (κ2) is 6.39. The van der Waals surface area contributed by atoms with Crippen LogP contribution in [0.5, 0.6) is 0 Å². The zero-order valence-corrected chi connectivity index (χ0v) is 10.8. The van der Waals surface area contributed by atoms with Crippen LogP contribution in [0.2, 0.25) is 0 Å². The van der Waals surface area contributed by atoms with E-state index in [2.05, 4.69) is 10.4 Å². The van der Waals surface area contributed by atoms with E-state index in [9.17, 15) is 4.79 Å². The molecular weight excluding hydrogens is 216 g/mol. The van der Waals surface area contributed by atoms with Gasteiger partial charge in [0.15, 0.2) is 0 Å². The fraction of sp³-hybridized carbons (Fsp3) is 0.667. The number of aryl methyl sites for hydroxylation is 1. The minimum atomic E-state index is -0.417. The van der Waals surface area contributed by atoms with Crippen molar-refractivity contribution < 1.29 is 4.79 Å². The normalized spacial score (nSPS) is 14.4. The molecule has 0 fully saturated rings. The lowest BCUT2D eigenvalue weighted by Gasteiger charge is -2.17. The number of rotatable bonds is 6. The summed E-state index contributed by atoms with van der Waals surface area (Å²) in [5.41, 5.74) is 6.94. The van der Waals surface area contributed by atoms with Gasteiger partial charge < -0.3 is 11.1 Å². The first-order chi connectivity index (χ1) is 8.04.